The van der Waals surface area contributed by atoms with E-state index in [0.29, 0.717) is 11.7 Å². The number of aldehydes is 1. The highest BCUT2D eigenvalue weighted by Gasteiger charge is 2.12. The number of rotatable bonds is 2. The van der Waals surface area contributed by atoms with Gasteiger partial charge in [0.2, 0.25) is 0 Å². The van der Waals surface area contributed by atoms with E-state index >= 15 is 0 Å². The van der Waals surface area contributed by atoms with E-state index in [2.05, 4.69) is 4.98 Å². The van der Waals surface area contributed by atoms with Gasteiger partial charge >= 0.3 is 0 Å². The van der Waals surface area contributed by atoms with Crippen molar-refractivity contribution >= 4 is 22.9 Å². The summed E-state index contributed by atoms with van der Waals surface area (Å²) in [5, 5.41) is 11.3. The molecule has 0 aliphatic rings. The minimum absolute atomic E-state index is 0.0869. The van der Waals surface area contributed by atoms with Crippen LogP contribution in [0.4, 0.5) is 5.69 Å². The highest BCUT2D eigenvalue weighted by molar-refractivity contribution is 5.89. The Morgan fingerprint density at radius 2 is 2.07 bits per heavy atom. The van der Waals surface area contributed by atoms with Crippen molar-refractivity contribution in [3.8, 4) is 0 Å². The van der Waals surface area contributed by atoms with Gasteiger partial charge in [-0.2, -0.15) is 0 Å². The molecule has 5 heteroatoms. The van der Waals surface area contributed by atoms with Crippen LogP contribution in [0.1, 0.15) is 10.5 Å². The molecule has 0 unspecified atom stereocenters. The van der Waals surface area contributed by atoms with Gasteiger partial charge < -0.3 is 0 Å². The summed E-state index contributed by atoms with van der Waals surface area (Å²) < 4.78 is 0. The fraction of sp³-hybridized carbons (Fsp3) is 0. The standard InChI is InChI=1S/C10H6N2O3/c13-6-8-5-4-7-2-1-3-9(12(14)15)10(7)11-8/h1-6H. The molecule has 74 valence electrons. The summed E-state index contributed by atoms with van der Waals surface area (Å²) in [6.45, 7) is 0. The molecule has 0 saturated carbocycles. The Labute approximate surface area is 84.5 Å². The van der Waals surface area contributed by atoms with Gasteiger partial charge in [-0.25, -0.2) is 4.98 Å². The molecule has 0 aliphatic carbocycles. The van der Waals surface area contributed by atoms with Crippen molar-refractivity contribution in [3.63, 3.8) is 0 Å². The zero-order chi connectivity index (χ0) is 10.8. The van der Waals surface area contributed by atoms with Crippen molar-refractivity contribution < 1.29 is 9.72 Å². The third kappa shape index (κ3) is 1.54. The SMILES string of the molecule is O=Cc1ccc2cccc([N+](=O)[O-])c2n1. The van der Waals surface area contributed by atoms with Gasteiger partial charge in [0.1, 0.15) is 11.2 Å². The smallest absolute Gasteiger partial charge is 0.295 e. The zero-order valence-electron chi connectivity index (χ0n) is 7.58. The Morgan fingerprint density at radius 3 is 2.73 bits per heavy atom. The average molecular weight is 202 g/mol. The number of nitro benzene ring substituents is 1. The van der Waals surface area contributed by atoms with E-state index in [-0.39, 0.29) is 16.9 Å². The number of para-hydroxylation sites is 1. The zero-order valence-corrected chi connectivity index (χ0v) is 7.58. The third-order valence-electron chi connectivity index (χ3n) is 2.04. The molecule has 1 heterocycles. The van der Waals surface area contributed by atoms with Crippen molar-refractivity contribution in [1.82, 2.24) is 4.98 Å². The van der Waals surface area contributed by atoms with Crippen molar-refractivity contribution in [1.29, 1.82) is 0 Å². The van der Waals surface area contributed by atoms with E-state index < -0.39 is 4.92 Å². The van der Waals surface area contributed by atoms with Crippen molar-refractivity contribution in [2.45, 2.75) is 0 Å². The lowest BCUT2D eigenvalue weighted by molar-refractivity contribution is -0.383. The van der Waals surface area contributed by atoms with Gasteiger partial charge in [-0.3, -0.25) is 14.9 Å². The van der Waals surface area contributed by atoms with Crippen LogP contribution in [0.2, 0.25) is 0 Å². The van der Waals surface area contributed by atoms with Crippen LogP contribution in [0.3, 0.4) is 0 Å². The fourth-order valence-corrected chi connectivity index (χ4v) is 1.36. The minimum Gasteiger partial charge on any atom is -0.296 e. The molecule has 0 spiro atoms. The van der Waals surface area contributed by atoms with E-state index in [0.717, 1.165) is 0 Å². The number of carbonyl (C=O) groups is 1. The number of hydrogen-bond donors (Lipinski definition) is 0. The quantitative estimate of drug-likeness (QED) is 0.424. The van der Waals surface area contributed by atoms with Gasteiger partial charge in [0.05, 0.1) is 4.92 Å². The first-order valence-electron chi connectivity index (χ1n) is 4.22. The topological polar surface area (TPSA) is 73.1 Å². The number of aromatic nitrogens is 1. The lowest BCUT2D eigenvalue weighted by Gasteiger charge is -1.98. The molecular weight excluding hydrogens is 196 g/mol. The maximum atomic E-state index is 10.7. The predicted molar refractivity (Wildman–Crippen MR) is 53.8 cm³/mol. The van der Waals surface area contributed by atoms with E-state index in [9.17, 15) is 14.9 Å². The van der Waals surface area contributed by atoms with Crippen LogP contribution >= 0.6 is 0 Å². The Morgan fingerprint density at radius 1 is 1.27 bits per heavy atom. The van der Waals surface area contributed by atoms with Gasteiger partial charge in [-0.1, -0.05) is 18.2 Å². The first-order chi connectivity index (χ1) is 7.22. The molecule has 2 aromatic rings. The van der Waals surface area contributed by atoms with Crippen LogP contribution < -0.4 is 0 Å². The highest BCUT2D eigenvalue weighted by Crippen LogP contribution is 2.23. The van der Waals surface area contributed by atoms with Gasteiger partial charge in [0, 0.05) is 11.5 Å². The molecule has 0 N–H and O–H groups in total. The van der Waals surface area contributed by atoms with Gasteiger partial charge in [0.15, 0.2) is 6.29 Å². The Hall–Kier alpha value is -2.30. The first-order valence-corrected chi connectivity index (χ1v) is 4.22. The minimum atomic E-state index is -0.510. The Kier molecular flexibility index (Phi) is 2.13. The monoisotopic (exact) mass is 202 g/mol. The lowest BCUT2D eigenvalue weighted by atomic mass is 10.2. The molecule has 0 atom stereocenters. The number of hydrogen-bond acceptors (Lipinski definition) is 4. The van der Waals surface area contributed by atoms with E-state index in [1.807, 2.05) is 0 Å². The summed E-state index contributed by atoms with van der Waals surface area (Å²) in [6, 6.07) is 7.83. The van der Waals surface area contributed by atoms with Crippen LogP contribution in [0.25, 0.3) is 10.9 Å². The maximum absolute atomic E-state index is 10.7. The number of benzene rings is 1. The Balaban J connectivity index is 2.81. The molecule has 0 aliphatic heterocycles. The molecule has 0 amide bonds. The Bertz CT molecular complexity index is 551. The summed E-state index contributed by atoms with van der Waals surface area (Å²) in [7, 11) is 0. The van der Waals surface area contributed by atoms with Crippen molar-refractivity contribution in [3.05, 3.63) is 46.1 Å². The predicted octanol–water partition coefficient (Wildman–Crippen LogP) is 1.96. The number of pyridine rings is 1. The summed E-state index contributed by atoms with van der Waals surface area (Å²) in [5.41, 5.74) is 0.347. The van der Waals surface area contributed by atoms with Crippen LogP contribution in [-0.4, -0.2) is 16.2 Å². The van der Waals surface area contributed by atoms with Gasteiger partial charge in [-0.15, -0.1) is 0 Å². The highest BCUT2D eigenvalue weighted by atomic mass is 16.6. The largest absolute Gasteiger partial charge is 0.296 e. The van der Waals surface area contributed by atoms with Crippen LogP contribution in [0.5, 0.6) is 0 Å². The molecule has 5 nitrogen and oxygen atoms in total. The summed E-state index contributed by atoms with van der Waals surface area (Å²) >= 11 is 0. The molecular formula is C10H6N2O3. The summed E-state index contributed by atoms with van der Waals surface area (Å²) in [4.78, 5) is 24.6. The number of fused-ring (bicyclic) bond motifs is 1. The summed E-state index contributed by atoms with van der Waals surface area (Å²) in [5.74, 6) is 0. The molecule has 0 radical (unpaired) electrons. The normalized spacial score (nSPS) is 10.1. The van der Waals surface area contributed by atoms with E-state index in [1.165, 1.54) is 12.1 Å². The second-order valence-electron chi connectivity index (χ2n) is 2.96. The van der Waals surface area contributed by atoms with Gasteiger partial charge in [-0.05, 0) is 6.07 Å². The molecule has 0 fully saturated rings. The molecule has 2 rings (SSSR count). The fourth-order valence-electron chi connectivity index (χ4n) is 1.36. The van der Waals surface area contributed by atoms with E-state index in [1.54, 1.807) is 18.2 Å². The molecule has 0 bridgehead atoms. The van der Waals surface area contributed by atoms with Crippen molar-refractivity contribution in [2.75, 3.05) is 0 Å². The molecule has 15 heavy (non-hydrogen) atoms. The second-order valence-corrected chi connectivity index (χ2v) is 2.96. The molecule has 0 saturated heterocycles. The number of non-ortho nitro benzene ring substituents is 1. The maximum Gasteiger partial charge on any atom is 0.295 e. The second kappa shape index (κ2) is 3.45. The van der Waals surface area contributed by atoms with Crippen molar-refractivity contribution in [2.24, 2.45) is 0 Å². The summed E-state index contributed by atoms with van der Waals surface area (Å²) in [6.07, 6.45) is 0.566. The third-order valence-corrected chi connectivity index (χ3v) is 2.04. The molecule has 1 aromatic heterocycles. The van der Waals surface area contributed by atoms with Crippen LogP contribution in [0, 0.1) is 10.1 Å². The average Bonchev–Trinajstić information content (AvgIpc) is 2.27. The number of nitro groups is 1. The molecule has 1 aromatic carbocycles. The first kappa shape index (κ1) is 9.26. The van der Waals surface area contributed by atoms with E-state index in [4.69, 9.17) is 0 Å². The van der Waals surface area contributed by atoms with Gasteiger partial charge in [0.25, 0.3) is 5.69 Å². The lowest BCUT2D eigenvalue weighted by Crippen LogP contribution is -1.93. The number of carbonyl (C=O) groups excluding carboxylic acids is 1. The van der Waals surface area contributed by atoms with Crippen LogP contribution in [0.15, 0.2) is 30.3 Å². The number of nitrogens with zero attached hydrogens (tertiary/aromatic N) is 2. The van der Waals surface area contributed by atoms with Crippen LogP contribution in [-0.2, 0) is 0 Å².